The average Bonchev–Trinajstić information content (AvgIpc) is 3.49. The number of nitrogens with one attached hydrogen (secondary N) is 1. The zero-order valence-electron chi connectivity index (χ0n) is 22.0. The molecule has 3 aromatic carbocycles. The smallest absolute Gasteiger partial charge is 0.410 e. The summed E-state index contributed by atoms with van der Waals surface area (Å²) in [4.78, 5) is 26.5. The molecule has 1 heterocycles. The Labute approximate surface area is 221 Å². The lowest BCUT2D eigenvalue weighted by Gasteiger charge is -2.33. The Hall–Kier alpha value is -4.27. The fourth-order valence-electron chi connectivity index (χ4n) is 4.56. The van der Waals surface area contributed by atoms with Crippen molar-refractivity contribution in [2.45, 2.75) is 46.6 Å². The number of nitrogens with zero attached hydrogens (tertiary/aromatic N) is 4. The molecule has 2 N–H and O–H groups in total. The van der Waals surface area contributed by atoms with Gasteiger partial charge in [0.2, 0.25) is 5.82 Å². The van der Waals surface area contributed by atoms with E-state index in [1.807, 2.05) is 63.2 Å². The van der Waals surface area contributed by atoms with E-state index in [0.29, 0.717) is 31.7 Å². The number of carboxylic acid groups (broad SMARTS) is 1. The average molecular weight is 516 g/mol. The number of aliphatic carboxylic acids is 1. The number of rotatable bonds is 11. The van der Waals surface area contributed by atoms with Crippen LogP contribution in [-0.2, 0) is 16.1 Å². The molecule has 1 aromatic heterocycles. The minimum absolute atomic E-state index is 0.0920. The second-order valence-corrected chi connectivity index (χ2v) is 9.47. The molecule has 0 unspecified atom stereocenters. The summed E-state index contributed by atoms with van der Waals surface area (Å²) >= 11 is 0. The number of carboxylic acids is 1. The lowest BCUT2D eigenvalue weighted by Crippen LogP contribution is -2.45. The third kappa shape index (κ3) is 5.82. The predicted molar refractivity (Wildman–Crippen MR) is 145 cm³/mol. The first-order valence-corrected chi connectivity index (χ1v) is 12.9. The summed E-state index contributed by atoms with van der Waals surface area (Å²) in [6.07, 6.45) is 1.06. The highest BCUT2D eigenvalue weighted by atomic mass is 16.6. The Morgan fingerprint density at radius 2 is 1.58 bits per heavy atom. The van der Waals surface area contributed by atoms with E-state index in [0.717, 1.165) is 33.0 Å². The van der Waals surface area contributed by atoms with Gasteiger partial charge in [-0.05, 0) is 64.1 Å². The van der Waals surface area contributed by atoms with Crippen LogP contribution >= 0.6 is 0 Å². The molecule has 1 amide bonds. The lowest BCUT2D eigenvalue weighted by molar-refractivity contribution is -0.150. The number of benzene rings is 3. The van der Waals surface area contributed by atoms with Crippen LogP contribution in [0.4, 0.5) is 4.79 Å². The van der Waals surface area contributed by atoms with Crippen molar-refractivity contribution in [3.63, 3.8) is 0 Å². The quantitative estimate of drug-likeness (QED) is 0.254. The molecule has 0 aliphatic carbocycles. The molecule has 0 saturated heterocycles. The maximum atomic E-state index is 12.9. The fourth-order valence-corrected chi connectivity index (χ4v) is 4.56. The van der Waals surface area contributed by atoms with E-state index in [2.05, 4.69) is 38.8 Å². The number of tetrazole rings is 1. The number of carbonyl (C=O) groups is 2. The third-order valence-electron chi connectivity index (χ3n) is 7.09. The van der Waals surface area contributed by atoms with Gasteiger partial charge in [-0.2, -0.15) is 5.21 Å². The van der Waals surface area contributed by atoms with Gasteiger partial charge in [-0.3, -0.25) is 4.79 Å². The van der Waals surface area contributed by atoms with Gasteiger partial charge in [-0.15, -0.1) is 10.2 Å². The van der Waals surface area contributed by atoms with E-state index in [1.165, 1.54) is 4.90 Å². The van der Waals surface area contributed by atoms with Crippen LogP contribution in [-0.4, -0.2) is 55.8 Å². The Morgan fingerprint density at radius 1 is 0.921 bits per heavy atom. The number of amides is 1. The van der Waals surface area contributed by atoms with Crippen molar-refractivity contribution in [2.75, 3.05) is 13.2 Å². The van der Waals surface area contributed by atoms with E-state index in [4.69, 9.17) is 4.74 Å². The standard InChI is InChI=1S/C29H33N5O4/c1-4-15-38-28(37)34(19-29(5-2,6-3)27(35)36)18-20-7-8-25-17-24(14-13-23(25)16-20)21-9-11-22(12-10-21)26-30-32-33-31-26/h7-14,16-17H,4-6,15,18-19H2,1-3H3,(H,35,36)(H,30,31,32,33). The summed E-state index contributed by atoms with van der Waals surface area (Å²) in [6.45, 7) is 6.28. The molecular formula is C29H33N5O4. The molecule has 0 aliphatic heterocycles. The summed E-state index contributed by atoms with van der Waals surface area (Å²) < 4.78 is 5.41. The van der Waals surface area contributed by atoms with Crippen molar-refractivity contribution >= 4 is 22.8 Å². The number of aromatic amines is 1. The van der Waals surface area contributed by atoms with Gasteiger partial charge >= 0.3 is 12.1 Å². The number of aromatic nitrogens is 4. The van der Waals surface area contributed by atoms with Crippen molar-refractivity contribution in [3.05, 3.63) is 66.2 Å². The number of hydrogen-bond acceptors (Lipinski definition) is 6. The van der Waals surface area contributed by atoms with Crippen molar-refractivity contribution in [1.82, 2.24) is 25.5 Å². The molecule has 0 aliphatic rings. The van der Waals surface area contributed by atoms with Gasteiger partial charge in [0.05, 0.1) is 12.0 Å². The van der Waals surface area contributed by atoms with Gasteiger partial charge in [-0.25, -0.2) is 4.79 Å². The zero-order chi connectivity index (χ0) is 27.1. The summed E-state index contributed by atoms with van der Waals surface area (Å²) in [6, 6.07) is 20.3. The predicted octanol–water partition coefficient (Wildman–Crippen LogP) is 5.93. The van der Waals surface area contributed by atoms with Crippen molar-refractivity contribution in [3.8, 4) is 22.5 Å². The molecule has 0 atom stereocenters. The van der Waals surface area contributed by atoms with E-state index in [-0.39, 0.29) is 13.1 Å². The molecule has 4 aromatic rings. The molecule has 0 spiro atoms. The van der Waals surface area contributed by atoms with Gasteiger partial charge in [0.15, 0.2) is 0 Å². The van der Waals surface area contributed by atoms with Crippen molar-refractivity contribution < 1.29 is 19.4 Å². The van der Waals surface area contributed by atoms with Gasteiger partial charge in [0, 0.05) is 18.7 Å². The minimum atomic E-state index is -1.02. The van der Waals surface area contributed by atoms with Gasteiger partial charge < -0.3 is 14.7 Å². The maximum Gasteiger partial charge on any atom is 0.410 e. The van der Waals surface area contributed by atoms with Crippen LogP contribution in [0.3, 0.4) is 0 Å². The van der Waals surface area contributed by atoms with E-state index in [9.17, 15) is 14.7 Å². The summed E-state index contributed by atoms with van der Waals surface area (Å²) in [7, 11) is 0. The minimum Gasteiger partial charge on any atom is -0.481 e. The molecule has 0 radical (unpaired) electrons. The van der Waals surface area contributed by atoms with Crippen LogP contribution in [0.2, 0.25) is 0 Å². The molecule has 4 rings (SSSR count). The highest BCUT2D eigenvalue weighted by molar-refractivity contribution is 5.88. The van der Waals surface area contributed by atoms with Crippen molar-refractivity contribution in [1.29, 1.82) is 0 Å². The number of ether oxygens (including phenoxy) is 1. The summed E-state index contributed by atoms with van der Waals surface area (Å²) in [5.41, 5.74) is 2.92. The topological polar surface area (TPSA) is 121 Å². The maximum absolute atomic E-state index is 12.9. The molecule has 0 bridgehead atoms. The van der Waals surface area contributed by atoms with Crippen LogP contribution in [0, 0.1) is 5.41 Å². The second-order valence-electron chi connectivity index (χ2n) is 9.47. The first-order chi connectivity index (χ1) is 18.4. The largest absolute Gasteiger partial charge is 0.481 e. The van der Waals surface area contributed by atoms with Crippen LogP contribution in [0.5, 0.6) is 0 Å². The lowest BCUT2D eigenvalue weighted by atomic mass is 9.82. The van der Waals surface area contributed by atoms with Gasteiger partial charge in [-0.1, -0.05) is 69.3 Å². The highest BCUT2D eigenvalue weighted by Crippen LogP contribution is 2.30. The van der Waals surface area contributed by atoms with E-state index >= 15 is 0 Å². The number of fused-ring (bicyclic) bond motifs is 1. The molecular weight excluding hydrogens is 482 g/mol. The Balaban J connectivity index is 1.57. The van der Waals surface area contributed by atoms with Crippen LogP contribution < -0.4 is 0 Å². The van der Waals surface area contributed by atoms with E-state index < -0.39 is 17.5 Å². The number of carbonyl (C=O) groups excluding carboxylic acids is 1. The molecule has 0 fully saturated rings. The monoisotopic (exact) mass is 515 g/mol. The van der Waals surface area contributed by atoms with Gasteiger partial charge in [0.25, 0.3) is 0 Å². The van der Waals surface area contributed by atoms with Crippen LogP contribution in [0.15, 0.2) is 60.7 Å². The molecule has 9 heteroatoms. The fraction of sp³-hybridized carbons (Fsp3) is 0.345. The van der Waals surface area contributed by atoms with E-state index in [1.54, 1.807) is 0 Å². The molecule has 9 nitrogen and oxygen atoms in total. The Bertz CT molecular complexity index is 1380. The van der Waals surface area contributed by atoms with Crippen LogP contribution in [0.25, 0.3) is 33.3 Å². The first-order valence-electron chi connectivity index (χ1n) is 12.9. The third-order valence-corrected chi connectivity index (χ3v) is 7.09. The number of hydrogen-bond donors (Lipinski definition) is 2. The Morgan fingerprint density at radius 3 is 2.21 bits per heavy atom. The highest BCUT2D eigenvalue weighted by Gasteiger charge is 2.38. The SMILES string of the molecule is CCCOC(=O)N(Cc1ccc2cc(-c3ccc(-c4nn[nH]n4)cc3)ccc2c1)CC(CC)(CC)C(=O)O. The first kappa shape index (κ1) is 26.8. The Kier molecular flexibility index (Phi) is 8.35. The molecule has 0 saturated carbocycles. The number of H-pyrrole nitrogens is 1. The molecule has 38 heavy (non-hydrogen) atoms. The van der Waals surface area contributed by atoms with Gasteiger partial charge in [0.1, 0.15) is 0 Å². The zero-order valence-corrected chi connectivity index (χ0v) is 22.0. The summed E-state index contributed by atoms with van der Waals surface area (Å²) in [5.74, 6) is -0.346. The molecule has 198 valence electrons. The normalized spacial score (nSPS) is 11.4. The van der Waals surface area contributed by atoms with Crippen LogP contribution in [0.1, 0.15) is 45.6 Å². The summed E-state index contributed by atoms with van der Waals surface area (Å²) in [5, 5.41) is 26.1. The second kappa shape index (κ2) is 11.9. The van der Waals surface area contributed by atoms with Crippen molar-refractivity contribution in [2.24, 2.45) is 5.41 Å².